The van der Waals surface area contributed by atoms with Gasteiger partial charge in [-0.25, -0.2) is 8.42 Å². The Bertz CT molecular complexity index is 746. The van der Waals surface area contributed by atoms with Gasteiger partial charge in [-0.1, -0.05) is 0 Å². The topological polar surface area (TPSA) is 90.0 Å². The zero-order valence-corrected chi connectivity index (χ0v) is 13.4. The maximum atomic E-state index is 12.4. The molecule has 0 fully saturated rings. The number of aryl methyl sites for hydroxylation is 1. The van der Waals surface area contributed by atoms with E-state index in [9.17, 15) is 8.42 Å². The zero-order chi connectivity index (χ0) is 15.8. The summed E-state index contributed by atoms with van der Waals surface area (Å²) in [6.45, 7) is 7.63. The van der Waals surface area contributed by atoms with E-state index in [1.807, 2.05) is 20.8 Å². The quantitative estimate of drug-likeness (QED) is 0.849. The Kier molecular flexibility index (Phi) is 3.95. The van der Waals surface area contributed by atoms with E-state index in [1.54, 1.807) is 23.7 Å². The summed E-state index contributed by atoms with van der Waals surface area (Å²) in [6, 6.07) is 6.25. The van der Waals surface area contributed by atoms with Crippen LogP contribution in [0, 0.1) is 13.8 Å². The number of hydrogen-bond acceptors (Lipinski definition) is 4. The molecule has 114 valence electrons. The molecule has 0 spiro atoms. The van der Waals surface area contributed by atoms with Crippen LogP contribution >= 0.6 is 0 Å². The van der Waals surface area contributed by atoms with Gasteiger partial charge in [-0.05, 0) is 52.0 Å². The van der Waals surface area contributed by atoms with Crippen molar-refractivity contribution in [3.63, 3.8) is 0 Å². The second-order valence-corrected chi connectivity index (χ2v) is 6.94. The highest BCUT2D eigenvalue weighted by atomic mass is 32.2. The van der Waals surface area contributed by atoms with Crippen molar-refractivity contribution in [2.75, 3.05) is 10.5 Å². The number of nitrogens with two attached hydrogens (primary N) is 1. The van der Waals surface area contributed by atoms with Gasteiger partial charge in [0.25, 0.3) is 10.0 Å². The summed E-state index contributed by atoms with van der Waals surface area (Å²) in [6.07, 6.45) is 0. The molecule has 2 aromatic rings. The molecule has 0 bridgehead atoms. The first-order chi connectivity index (χ1) is 9.72. The number of nitrogens with zero attached hydrogens (tertiary/aromatic N) is 2. The molecule has 21 heavy (non-hydrogen) atoms. The van der Waals surface area contributed by atoms with Crippen molar-refractivity contribution in [1.82, 2.24) is 9.78 Å². The Labute approximate surface area is 125 Å². The lowest BCUT2D eigenvalue weighted by molar-refractivity contribution is 0.516. The molecule has 6 nitrogen and oxygen atoms in total. The van der Waals surface area contributed by atoms with Crippen molar-refractivity contribution in [3.8, 4) is 0 Å². The molecule has 3 N–H and O–H groups in total. The first-order valence-corrected chi connectivity index (χ1v) is 8.14. The van der Waals surface area contributed by atoms with Gasteiger partial charge < -0.3 is 5.73 Å². The number of anilines is 2. The van der Waals surface area contributed by atoms with Gasteiger partial charge in [0.05, 0.1) is 22.0 Å². The van der Waals surface area contributed by atoms with Crippen molar-refractivity contribution in [3.05, 3.63) is 35.7 Å². The number of benzene rings is 1. The Morgan fingerprint density at radius 3 is 2.24 bits per heavy atom. The monoisotopic (exact) mass is 308 g/mol. The summed E-state index contributed by atoms with van der Waals surface area (Å²) in [7, 11) is -3.65. The second kappa shape index (κ2) is 5.40. The Morgan fingerprint density at radius 1 is 1.19 bits per heavy atom. The molecule has 0 saturated carbocycles. The van der Waals surface area contributed by atoms with E-state index in [0.717, 1.165) is 5.69 Å². The van der Waals surface area contributed by atoms with E-state index in [1.165, 1.54) is 12.1 Å². The van der Waals surface area contributed by atoms with Crippen LogP contribution in [0.5, 0.6) is 0 Å². The van der Waals surface area contributed by atoms with Crippen LogP contribution in [0.3, 0.4) is 0 Å². The van der Waals surface area contributed by atoms with E-state index in [4.69, 9.17) is 5.73 Å². The Balaban J connectivity index is 2.39. The van der Waals surface area contributed by atoms with Crippen molar-refractivity contribution < 1.29 is 8.42 Å². The van der Waals surface area contributed by atoms with Crippen molar-refractivity contribution in [1.29, 1.82) is 0 Å². The fraction of sp³-hybridized carbons (Fsp3) is 0.357. The number of nitrogens with one attached hydrogen (secondary N) is 1. The molecule has 0 amide bonds. The summed E-state index contributed by atoms with van der Waals surface area (Å²) >= 11 is 0. The number of sulfonamides is 1. The third kappa shape index (κ3) is 3.02. The highest BCUT2D eigenvalue weighted by Crippen LogP contribution is 2.25. The summed E-state index contributed by atoms with van der Waals surface area (Å²) in [5.41, 5.74) is 8.08. The average Bonchev–Trinajstić information content (AvgIpc) is 2.67. The molecular weight excluding hydrogens is 288 g/mol. The Hall–Kier alpha value is -2.02. The molecule has 1 aromatic heterocycles. The molecular formula is C14H20N4O2S. The molecule has 0 atom stereocenters. The van der Waals surface area contributed by atoms with Gasteiger partial charge >= 0.3 is 0 Å². The van der Waals surface area contributed by atoms with Crippen LogP contribution in [0.25, 0.3) is 0 Å². The smallest absolute Gasteiger partial charge is 0.262 e. The first kappa shape index (κ1) is 15.4. The molecule has 0 radical (unpaired) electrons. The van der Waals surface area contributed by atoms with E-state index in [0.29, 0.717) is 17.1 Å². The SMILES string of the molecule is Cc1nn(C(C)C)c(C)c1NS(=O)(=O)c1ccc(N)cc1. The van der Waals surface area contributed by atoms with Crippen molar-refractivity contribution in [2.24, 2.45) is 0 Å². The minimum atomic E-state index is -3.65. The van der Waals surface area contributed by atoms with Crippen LogP contribution in [0.1, 0.15) is 31.3 Å². The number of aromatic nitrogens is 2. The van der Waals surface area contributed by atoms with E-state index >= 15 is 0 Å². The van der Waals surface area contributed by atoms with Crippen molar-refractivity contribution >= 4 is 21.4 Å². The van der Waals surface area contributed by atoms with Crippen LogP contribution in [0.15, 0.2) is 29.2 Å². The summed E-state index contributed by atoms with van der Waals surface area (Å²) < 4.78 is 29.2. The summed E-state index contributed by atoms with van der Waals surface area (Å²) in [5, 5.41) is 4.37. The highest BCUT2D eigenvalue weighted by Gasteiger charge is 2.20. The number of nitrogen functional groups attached to an aromatic ring is 1. The highest BCUT2D eigenvalue weighted by molar-refractivity contribution is 7.92. The van der Waals surface area contributed by atoms with Crippen LogP contribution < -0.4 is 10.5 Å². The maximum Gasteiger partial charge on any atom is 0.262 e. The largest absolute Gasteiger partial charge is 0.399 e. The molecule has 0 aliphatic rings. The average molecular weight is 308 g/mol. The second-order valence-electron chi connectivity index (χ2n) is 5.26. The molecule has 1 aromatic carbocycles. The van der Waals surface area contributed by atoms with Gasteiger partial charge in [0, 0.05) is 11.7 Å². The van der Waals surface area contributed by atoms with Gasteiger partial charge in [0.1, 0.15) is 0 Å². The molecule has 2 rings (SSSR count). The lowest BCUT2D eigenvalue weighted by Crippen LogP contribution is -2.14. The zero-order valence-electron chi connectivity index (χ0n) is 12.6. The minimum absolute atomic E-state index is 0.165. The molecule has 0 saturated heterocycles. The van der Waals surface area contributed by atoms with Crippen LogP contribution in [-0.4, -0.2) is 18.2 Å². The van der Waals surface area contributed by atoms with E-state index < -0.39 is 10.0 Å². The molecule has 0 unspecified atom stereocenters. The molecule has 0 aliphatic heterocycles. The van der Waals surface area contributed by atoms with Gasteiger partial charge in [-0.15, -0.1) is 0 Å². The van der Waals surface area contributed by atoms with Crippen LogP contribution in [-0.2, 0) is 10.0 Å². The Morgan fingerprint density at radius 2 is 1.76 bits per heavy atom. The van der Waals surface area contributed by atoms with Gasteiger partial charge in [-0.3, -0.25) is 9.40 Å². The normalized spacial score (nSPS) is 11.9. The first-order valence-electron chi connectivity index (χ1n) is 6.66. The fourth-order valence-corrected chi connectivity index (χ4v) is 3.33. The molecule has 0 aliphatic carbocycles. The lowest BCUT2D eigenvalue weighted by Gasteiger charge is -2.10. The van der Waals surface area contributed by atoms with Gasteiger partial charge in [-0.2, -0.15) is 5.10 Å². The van der Waals surface area contributed by atoms with Crippen molar-refractivity contribution in [2.45, 2.75) is 38.6 Å². The summed E-state index contributed by atoms with van der Waals surface area (Å²) in [5.74, 6) is 0. The number of hydrogen-bond donors (Lipinski definition) is 2. The molecule has 1 heterocycles. The fourth-order valence-electron chi connectivity index (χ4n) is 2.15. The standard InChI is InChI=1S/C14H20N4O2S/c1-9(2)18-11(4)14(10(3)16-18)17-21(19,20)13-7-5-12(15)6-8-13/h5-9,17H,15H2,1-4H3. The van der Waals surface area contributed by atoms with Gasteiger partial charge in [0.2, 0.25) is 0 Å². The minimum Gasteiger partial charge on any atom is -0.399 e. The van der Waals surface area contributed by atoms with Crippen LogP contribution in [0.4, 0.5) is 11.4 Å². The lowest BCUT2D eigenvalue weighted by atomic mass is 10.3. The predicted octanol–water partition coefficient (Wildman–Crippen LogP) is 2.46. The predicted molar refractivity (Wildman–Crippen MR) is 83.7 cm³/mol. The number of rotatable bonds is 4. The third-order valence-electron chi connectivity index (χ3n) is 3.24. The van der Waals surface area contributed by atoms with E-state index in [-0.39, 0.29) is 10.9 Å². The summed E-state index contributed by atoms with van der Waals surface area (Å²) in [4.78, 5) is 0.174. The maximum absolute atomic E-state index is 12.4. The van der Waals surface area contributed by atoms with E-state index in [2.05, 4.69) is 9.82 Å². The molecule has 7 heteroatoms. The van der Waals surface area contributed by atoms with Gasteiger partial charge in [0.15, 0.2) is 0 Å². The third-order valence-corrected chi connectivity index (χ3v) is 4.61. The van der Waals surface area contributed by atoms with Crippen LogP contribution in [0.2, 0.25) is 0 Å².